The van der Waals surface area contributed by atoms with Crippen molar-refractivity contribution in [1.29, 1.82) is 0 Å². The van der Waals surface area contributed by atoms with Crippen LogP contribution in [-0.4, -0.2) is 32.0 Å². The number of hydrogen-bond acceptors (Lipinski definition) is 6. The van der Waals surface area contributed by atoms with E-state index in [1.165, 1.54) is 9.13 Å². The van der Waals surface area contributed by atoms with Gasteiger partial charge < -0.3 is 9.26 Å². The average Bonchev–Trinajstić information content (AvgIpc) is 3.46. The van der Waals surface area contributed by atoms with Gasteiger partial charge in [-0.3, -0.25) is 13.9 Å². The van der Waals surface area contributed by atoms with Gasteiger partial charge in [-0.2, -0.15) is 4.98 Å². The minimum atomic E-state index is -0.415. The number of fused-ring (bicyclic) bond motifs is 1. The van der Waals surface area contributed by atoms with E-state index in [0.717, 1.165) is 22.9 Å². The zero-order chi connectivity index (χ0) is 21.4. The van der Waals surface area contributed by atoms with Crippen molar-refractivity contribution < 1.29 is 9.26 Å². The van der Waals surface area contributed by atoms with E-state index in [1.807, 2.05) is 24.3 Å². The SMILES string of the molecule is O=c1c2ccccc2n(Cc2nc(-c3cccc(Br)c3)no2)c(=O)n1C[C@@H]1CCCO1. The molecule has 1 aliphatic rings. The Hall–Kier alpha value is -3.04. The Bertz CT molecular complexity index is 1370. The van der Waals surface area contributed by atoms with Gasteiger partial charge in [-0.1, -0.05) is 45.4 Å². The lowest BCUT2D eigenvalue weighted by Gasteiger charge is -2.15. The van der Waals surface area contributed by atoms with Crippen LogP contribution in [0.4, 0.5) is 0 Å². The zero-order valence-corrected chi connectivity index (χ0v) is 18.1. The van der Waals surface area contributed by atoms with Crippen LogP contribution in [0.3, 0.4) is 0 Å². The molecule has 4 aromatic rings. The van der Waals surface area contributed by atoms with Crippen LogP contribution in [0, 0.1) is 0 Å². The van der Waals surface area contributed by atoms with Crippen LogP contribution in [0.2, 0.25) is 0 Å². The van der Waals surface area contributed by atoms with Crippen LogP contribution in [0.15, 0.2) is 67.1 Å². The molecule has 2 aromatic heterocycles. The first-order chi connectivity index (χ1) is 15.1. The predicted octanol–water partition coefficient (Wildman–Crippen LogP) is 3.20. The number of halogens is 1. The molecule has 8 nitrogen and oxygen atoms in total. The fourth-order valence-corrected chi connectivity index (χ4v) is 4.28. The minimum absolute atomic E-state index is 0.0617. The lowest BCUT2D eigenvalue weighted by Crippen LogP contribution is -2.42. The summed E-state index contributed by atoms with van der Waals surface area (Å²) < 4.78 is 14.7. The fourth-order valence-electron chi connectivity index (χ4n) is 3.88. The largest absolute Gasteiger partial charge is 0.376 e. The third kappa shape index (κ3) is 3.86. The van der Waals surface area contributed by atoms with Gasteiger partial charge in [0.05, 0.1) is 23.6 Å². The summed E-state index contributed by atoms with van der Waals surface area (Å²) in [6, 6.07) is 14.6. The summed E-state index contributed by atoms with van der Waals surface area (Å²) in [4.78, 5) is 30.7. The second kappa shape index (κ2) is 8.24. The van der Waals surface area contributed by atoms with Gasteiger partial charge in [-0.15, -0.1) is 0 Å². The second-order valence-corrected chi connectivity index (χ2v) is 8.37. The fraction of sp³-hybridized carbons (Fsp3) is 0.273. The third-order valence-electron chi connectivity index (χ3n) is 5.39. The Balaban J connectivity index is 1.56. The van der Waals surface area contributed by atoms with E-state index in [4.69, 9.17) is 9.26 Å². The van der Waals surface area contributed by atoms with E-state index in [0.29, 0.717) is 23.3 Å². The number of para-hydroxylation sites is 1. The van der Waals surface area contributed by atoms with E-state index >= 15 is 0 Å². The van der Waals surface area contributed by atoms with E-state index < -0.39 is 5.69 Å². The molecule has 158 valence electrons. The number of aromatic nitrogens is 4. The van der Waals surface area contributed by atoms with Crippen molar-refractivity contribution in [3.63, 3.8) is 0 Å². The minimum Gasteiger partial charge on any atom is -0.376 e. The van der Waals surface area contributed by atoms with Crippen LogP contribution in [0.5, 0.6) is 0 Å². The number of rotatable bonds is 5. The van der Waals surface area contributed by atoms with Crippen molar-refractivity contribution in [2.75, 3.05) is 6.61 Å². The molecular formula is C22H19BrN4O4. The quantitative estimate of drug-likeness (QED) is 0.433. The highest BCUT2D eigenvalue weighted by molar-refractivity contribution is 9.10. The first-order valence-electron chi connectivity index (χ1n) is 10.0. The molecule has 0 bridgehead atoms. The maximum atomic E-state index is 13.3. The summed E-state index contributed by atoms with van der Waals surface area (Å²) in [5, 5.41) is 4.51. The van der Waals surface area contributed by atoms with Crippen molar-refractivity contribution in [2.24, 2.45) is 0 Å². The monoisotopic (exact) mass is 482 g/mol. The molecule has 0 unspecified atom stereocenters. The maximum absolute atomic E-state index is 13.3. The van der Waals surface area contributed by atoms with Gasteiger partial charge >= 0.3 is 5.69 Å². The lowest BCUT2D eigenvalue weighted by atomic mass is 10.2. The molecule has 1 fully saturated rings. The first kappa shape index (κ1) is 19.9. The molecule has 0 spiro atoms. The van der Waals surface area contributed by atoms with Gasteiger partial charge in [0, 0.05) is 16.6 Å². The van der Waals surface area contributed by atoms with Gasteiger partial charge in [-0.25, -0.2) is 4.79 Å². The molecule has 0 aliphatic carbocycles. The Morgan fingerprint density at radius 2 is 1.97 bits per heavy atom. The highest BCUT2D eigenvalue weighted by Gasteiger charge is 2.21. The van der Waals surface area contributed by atoms with Crippen LogP contribution in [0.25, 0.3) is 22.3 Å². The van der Waals surface area contributed by atoms with Gasteiger partial charge in [0.1, 0.15) is 6.54 Å². The van der Waals surface area contributed by atoms with Crippen LogP contribution >= 0.6 is 15.9 Å². The van der Waals surface area contributed by atoms with Crippen LogP contribution < -0.4 is 11.2 Å². The summed E-state index contributed by atoms with van der Waals surface area (Å²) in [5.41, 5.74) is 0.599. The van der Waals surface area contributed by atoms with Gasteiger partial charge in [0.15, 0.2) is 0 Å². The molecule has 0 saturated carbocycles. The molecule has 2 aromatic carbocycles. The first-order valence-corrected chi connectivity index (χ1v) is 10.8. The second-order valence-electron chi connectivity index (χ2n) is 7.46. The van der Waals surface area contributed by atoms with Crippen LogP contribution in [0.1, 0.15) is 18.7 Å². The van der Waals surface area contributed by atoms with E-state index in [-0.39, 0.29) is 30.6 Å². The highest BCUT2D eigenvalue weighted by atomic mass is 79.9. The third-order valence-corrected chi connectivity index (χ3v) is 5.88. The Kier molecular flexibility index (Phi) is 5.29. The Morgan fingerprint density at radius 1 is 1.10 bits per heavy atom. The summed E-state index contributed by atoms with van der Waals surface area (Å²) in [6.07, 6.45) is 1.63. The van der Waals surface area contributed by atoms with E-state index in [2.05, 4.69) is 26.1 Å². The van der Waals surface area contributed by atoms with Crippen molar-refractivity contribution in [1.82, 2.24) is 19.3 Å². The molecule has 1 saturated heterocycles. The topological polar surface area (TPSA) is 92.2 Å². The van der Waals surface area contributed by atoms with Gasteiger partial charge in [0.2, 0.25) is 11.7 Å². The number of nitrogens with zero attached hydrogens (tertiary/aromatic N) is 4. The molecule has 1 aliphatic heterocycles. The predicted molar refractivity (Wildman–Crippen MR) is 118 cm³/mol. The van der Waals surface area contributed by atoms with Gasteiger partial charge in [-0.05, 0) is 37.1 Å². The molecule has 3 heterocycles. The molecule has 1 atom stereocenters. The molecule has 9 heteroatoms. The normalized spacial score (nSPS) is 16.2. The van der Waals surface area contributed by atoms with E-state index in [9.17, 15) is 9.59 Å². The van der Waals surface area contributed by atoms with Gasteiger partial charge in [0.25, 0.3) is 5.56 Å². The van der Waals surface area contributed by atoms with Crippen LogP contribution in [-0.2, 0) is 17.8 Å². The summed E-state index contributed by atoms with van der Waals surface area (Å²) in [5.74, 6) is 0.714. The zero-order valence-electron chi connectivity index (χ0n) is 16.5. The Labute approximate surface area is 185 Å². The smallest absolute Gasteiger partial charge is 0.332 e. The molecule has 0 N–H and O–H groups in total. The molecule has 0 amide bonds. The lowest BCUT2D eigenvalue weighted by molar-refractivity contribution is 0.0948. The van der Waals surface area contributed by atoms with Crippen molar-refractivity contribution in [3.8, 4) is 11.4 Å². The highest BCUT2D eigenvalue weighted by Crippen LogP contribution is 2.21. The molecule has 5 rings (SSSR count). The Morgan fingerprint density at radius 3 is 2.77 bits per heavy atom. The average molecular weight is 483 g/mol. The number of benzene rings is 2. The number of ether oxygens (including phenoxy) is 1. The summed E-state index contributed by atoms with van der Waals surface area (Å²) >= 11 is 3.43. The van der Waals surface area contributed by atoms with Crippen molar-refractivity contribution in [2.45, 2.75) is 32.0 Å². The summed E-state index contributed by atoms with van der Waals surface area (Å²) in [7, 11) is 0. The summed E-state index contributed by atoms with van der Waals surface area (Å²) in [6.45, 7) is 0.948. The molecule has 31 heavy (non-hydrogen) atoms. The number of hydrogen-bond donors (Lipinski definition) is 0. The van der Waals surface area contributed by atoms with Crippen molar-refractivity contribution >= 4 is 26.8 Å². The standard InChI is InChI=1S/C22H19BrN4O4/c23-15-6-3-5-14(11-15)20-24-19(31-25-20)13-26-18-9-2-1-8-17(18)21(28)27(22(26)29)12-16-7-4-10-30-16/h1-3,5-6,8-9,11,16H,4,7,10,12-13H2/t16-/m0/s1. The van der Waals surface area contributed by atoms with Crippen molar-refractivity contribution in [3.05, 3.63) is 79.7 Å². The molecular weight excluding hydrogens is 464 g/mol. The molecule has 0 radical (unpaired) electrons. The van der Waals surface area contributed by atoms with E-state index in [1.54, 1.807) is 24.3 Å². The maximum Gasteiger partial charge on any atom is 0.332 e.